The number of rotatable bonds is 4. The van der Waals surface area contributed by atoms with Crippen LogP contribution in [0.2, 0.25) is 0 Å². The zero-order valence-corrected chi connectivity index (χ0v) is 13.2. The number of aliphatic carboxylic acids is 1. The fourth-order valence-corrected chi connectivity index (χ4v) is 3.02. The Labute approximate surface area is 133 Å². The van der Waals surface area contributed by atoms with Crippen LogP contribution in [-0.4, -0.2) is 17.0 Å². The zero-order valence-electron chi connectivity index (χ0n) is 13.2. The molecule has 1 aromatic rings. The first-order valence-corrected chi connectivity index (χ1v) is 7.71. The Hall–Kier alpha value is -1.98. The van der Waals surface area contributed by atoms with Crippen LogP contribution in [0.4, 0.5) is 8.78 Å². The van der Waals surface area contributed by atoms with E-state index in [1.165, 1.54) is 6.07 Å². The van der Waals surface area contributed by atoms with Gasteiger partial charge in [0.15, 0.2) is 11.6 Å². The normalized spacial score (nSPS) is 21.7. The molecule has 0 aliphatic heterocycles. The number of hydrogen-bond acceptors (Lipinski definition) is 2. The lowest BCUT2D eigenvalue weighted by atomic mass is 9.80. The van der Waals surface area contributed by atoms with Crippen molar-refractivity contribution in [2.24, 2.45) is 11.8 Å². The minimum absolute atomic E-state index is 0.245. The van der Waals surface area contributed by atoms with Crippen molar-refractivity contribution in [2.45, 2.75) is 45.1 Å². The van der Waals surface area contributed by atoms with Gasteiger partial charge in [-0.1, -0.05) is 12.5 Å². The Kier molecular flexibility index (Phi) is 5.02. The zero-order chi connectivity index (χ0) is 17.2. The molecule has 1 saturated carbocycles. The van der Waals surface area contributed by atoms with Crippen LogP contribution in [0.5, 0.6) is 0 Å². The third-order valence-electron chi connectivity index (χ3n) is 4.47. The van der Waals surface area contributed by atoms with Gasteiger partial charge in [0.05, 0.1) is 11.5 Å². The van der Waals surface area contributed by atoms with E-state index in [4.69, 9.17) is 5.11 Å². The Morgan fingerprint density at radius 3 is 2.43 bits per heavy atom. The van der Waals surface area contributed by atoms with E-state index in [2.05, 4.69) is 5.32 Å². The van der Waals surface area contributed by atoms with E-state index >= 15 is 0 Å². The molecule has 0 saturated heterocycles. The van der Waals surface area contributed by atoms with Crippen molar-refractivity contribution in [3.63, 3.8) is 0 Å². The van der Waals surface area contributed by atoms with Crippen LogP contribution >= 0.6 is 0 Å². The highest BCUT2D eigenvalue weighted by Gasteiger charge is 2.33. The van der Waals surface area contributed by atoms with Gasteiger partial charge >= 0.3 is 5.97 Å². The van der Waals surface area contributed by atoms with Crippen molar-refractivity contribution in [2.75, 3.05) is 0 Å². The molecule has 0 radical (unpaired) electrons. The summed E-state index contributed by atoms with van der Waals surface area (Å²) < 4.78 is 26.4. The molecule has 1 aliphatic rings. The first-order valence-electron chi connectivity index (χ1n) is 7.71. The second-order valence-electron chi connectivity index (χ2n) is 6.64. The lowest BCUT2D eigenvalue weighted by Crippen LogP contribution is -2.45. The van der Waals surface area contributed by atoms with E-state index < -0.39 is 29.1 Å². The molecule has 4 nitrogen and oxygen atoms in total. The van der Waals surface area contributed by atoms with Gasteiger partial charge < -0.3 is 10.4 Å². The number of carbonyl (C=O) groups is 2. The van der Waals surface area contributed by atoms with E-state index in [9.17, 15) is 18.4 Å². The highest BCUT2D eigenvalue weighted by molar-refractivity contribution is 5.81. The maximum Gasteiger partial charge on any atom is 0.306 e. The van der Waals surface area contributed by atoms with Crippen molar-refractivity contribution in [3.8, 4) is 0 Å². The van der Waals surface area contributed by atoms with Gasteiger partial charge in [0.25, 0.3) is 0 Å². The van der Waals surface area contributed by atoms with Crippen molar-refractivity contribution in [1.82, 2.24) is 5.32 Å². The third-order valence-corrected chi connectivity index (χ3v) is 4.47. The summed E-state index contributed by atoms with van der Waals surface area (Å²) in [5, 5.41) is 11.9. The molecule has 1 aromatic carbocycles. The minimum Gasteiger partial charge on any atom is -0.481 e. The fraction of sp³-hybridized carbons (Fsp3) is 0.529. The molecule has 1 fully saturated rings. The first kappa shape index (κ1) is 17.4. The third kappa shape index (κ3) is 4.06. The Morgan fingerprint density at radius 1 is 1.17 bits per heavy atom. The Morgan fingerprint density at radius 2 is 1.83 bits per heavy atom. The lowest BCUT2D eigenvalue weighted by molar-refractivity contribution is -0.144. The second-order valence-corrected chi connectivity index (χ2v) is 6.64. The molecule has 1 amide bonds. The summed E-state index contributed by atoms with van der Waals surface area (Å²) in [5.74, 6) is -3.88. The van der Waals surface area contributed by atoms with Gasteiger partial charge in [-0.15, -0.1) is 0 Å². The maximum absolute atomic E-state index is 13.4. The van der Waals surface area contributed by atoms with Crippen LogP contribution in [0.15, 0.2) is 18.2 Å². The van der Waals surface area contributed by atoms with E-state index in [1.54, 1.807) is 13.8 Å². The number of carboxylic acid groups (broad SMARTS) is 1. The van der Waals surface area contributed by atoms with Crippen LogP contribution in [0, 0.1) is 23.5 Å². The van der Waals surface area contributed by atoms with Gasteiger partial charge in [-0.3, -0.25) is 9.59 Å². The molecule has 2 atom stereocenters. The summed E-state index contributed by atoms with van der Waals surface area (Å²) in [6.07, 6.45) is 2.24. The van der Waals surface area contributed by atoms with Gasteiger partial charge in [0.1, 0.15) is 0 Å². The molecule has 0 spiro atoms. The van der Waals surface area contributed by atoms with Crippen LogP contribution in [0.3, 0.4) is 0 Å². The fourth-order valence-electron chi connectivity index (χ4n) is 3.02. The Balaban J connectivity index is 2.08. The second kappa shape index (κ2) is 6.64. The lowest BCUT2D eigenvalue weighted by Gasteiger charge is -2.32. The van der Waals surface area contributed by atoms with Gasteiger partial charge in [-0.05, 0) is 50.8 Å². The van der Waals surface area contributed by atoms with Crippen LogP contribution in [0.25, 0.3) is 0 Å². The SMILES string of the molecule is CC(C)(NC(=O)C1CCCC(C(=O)O)C1)c1ccc(F)c(F)c1. The number of carbonyl (C=O) groups excluding carboxylic acids is 1. The quantitative estimate of drug-likeness (QED) is 0.893. The molecule has 0 aromatic heterocycles. The summed E-state index contributed by atoms with van der Waals surface area (Å²) in [6.45, 7) is 3.41. The average molecular weight is 325 g/mol. The standard InChI is InChI=1S/C17H21F2NO3/c1-17(2,12-6-7-13(18)14(19)9-12)20-15(21)10-4-3-5-11(8-10)16(22)23/h6-7,9-11H,3-5,8H2,1-2H3,(H,20,21)(H,22,23). The topological polar surface area (TPSA) is 66.4 Å². The molecule has 1 aliphatic carbocycles. The van der Waals surface area contributed by atoms with Gasteiger partial charge in [0, 0.05) is 5.92 Å². The number of benzene rings is 1. The van der Waals surface area contributed by atoms with E-state index in [1.807, 2.05) is 0 Å². The monoisotopic (exact) mass is 325 g/mol. The van der Waals surface area contributed by atoms with Crippen molar-refractivity contribution < 1.29 is 23.5 Å². The summed E-state index contributed by atoms with van der Waals surface area (Å²) in [6, 6.07) is 3.52. The van der Waals surface area contributed by atoms with Gasteiger partial charge in [0.2, 0.25) is 5.91 Å². The van der Waals surface area contributed by atoms with Crippen LogP contribution < -0.4 is 5.32 Å². The molecule has 2 rings (SSSR count). The van der Waals surface area contributed by atoms with Crippen LogP contribution in [0.1, 0.15) is 45.1 Å². The smallest absolute Gasteiger partial charge is 0.306 e. The molecule has 23 heavy (non-hydrogen) atoms. The molecule has 6 heteroatoms. The molecular formula is C17H21F2NO3. The van der Waals surface area contributed by atoms with Gasteiger partial charge in [-0.2, -0.15) is 0 Å². The predicted molar refractivity (Wildman–Crippen MR) is 80.6 cm³/mol. The van der Waals surface area contributed by atoms with Crippen LogP contribution in [-0.2, 0) is 15.1 Å². The van der Waals surface area contributed by atoms with E-state index in [0.717, 1.165) is 12.1 Å². The first-order chi connectivity index (χ1) is 10.7. The summed E-state index contributed by atoms with van der Waals surface area (Å²) >= 11 is 0. The number of amides is 1. The molecule has 126 valence electrons. The summed E-state index contributed by atoms with van der Waals surface area (Å²) in [7, 11) is 0. The van der Waals surface area contributed by atoms with Crippen molar-refractivity contribution >= 4 is 11.9 Å². The largest absolute Gasteiger partial charge is 0.481 e. The average Bonchev–Trinajstić information content (AvgIpc) is 2.49. The number of hydrogen-bond donors (Lipinski definition) is 2. The van der Waals surface area contributed by atoms with E-state index in [0.29, 0.717) is 31.2 Å². The number of halogens is 2. The highest BCUT2D eigenvalue weighted by atomic mass is 19.2. The molecular weight excluding hydrogens is 304 g/mol. The molecule has 0 bridgehead atoms. The molecule has 0 heterocycles. The molecule has 2 N–H and O–H groups in total. The van der Waals surface area contributed by atoms with Crippen molar-refractivity contribution in [1.29, 1.82) is 0 Å². The maximum atomic E-state index is 13.4. The van der Waals surface area contributed by atoms with Crippen molar-refractivity contribution in [3.05, 3.63) is 35.4 Å². The van der Waals surface area contributed by atoms with Gasteiger partial charge in [-0.25, -0.2) is 8.78 Å². The predicted octanol–water partition coefficient (Wildman–Crippen LogP) is 3.21. The molecule has 2 unspecified atom stereocenters. The van der Waals surface area contributed by atoms with E-state index in [-0.39, 0.29) is 11.8 Å². The summed E-state index contributed by atoms with van der Waals surface area (Å²) in [5.41, 5.74) is -0.419. The number of nitrogens with one attached hydrogen (secondary N) is 1. The summed E-state index contributed by atoms with van der Waals surface area (Å²) in [4.78, 5) is 23.5. The highest BCUT2D eigenvalue weighted by Crippen LogP contribution is 2.31. The number of carboxylic acids is 1. The minimum atomic E-state index is -0.964. The Bertz CT molecular complexity index is 616.